The first-order valence-corrected chi connectivity index (χ1v) is 8.65. The number of pyridine rings is 1. The summed E-state index contributed by atoms with van der Waals surface area (Å²) in [6, 6.07) is 9.24. The Bertz CT molecular complexity index is 852. The minimum Gasteiger partial charge on any atom is -0.383 e. The number of para-hydroxylation sites is 1. The van der Waals surface area contributed by atoms with Crippen LogP contribution in [0.5, 0.6) is 0 Å². The zero-order valence-corrected chi connectivity index (χ0v) is 15.0. The van der Waals surface area contributed by atoms with E-state index in [1.54, 1.807) is 12.0 Å². The maximum atomic E-state index is 12.9. The molecule has 0 spiro atoms. The Morgan fingerprint density at radius 2 is 2.12 bits per heavy atom. The predicted molar refractivity (Wildman–Crippen MR) is 97.4 cm³/mol. The number of hydrogen-bond acceptors (Lipinski definition) is 5. The van der Waals surface area contributed by atoms with Crippen LogP contribution < -0.4 is 4.90 Å². The van der Waals surface area contributed by atoms with Crippen LogP contribution in [0.25, 0.3) is 10.2 Å². The fourth-order valence-electron chi connectivity index (χ4n) is 2.14. The Labute approximate surface area is 152 Å². The molecule has 0 atom stereocenters. The molecule has 124 valence electrons. The number of fused-ring (bicyclic) bond motifs is 1. The number of ether oxygens (including phenoxy) is 1. The Balaban J connectivity index is 1.98. The van der Waals surface area contributed by atoms with E-state index in [1.165, 1.54) is 23.6 Å². The van der Waals surface area contributed by atoms with Crippen LogP contribution in [0.2, 0.25) is 10.2 Å². The summed E-state index contributed by atoms with van der Waals surface area (Å²) in [5, 5.41) is 1.000. The third-order valence-corrected chi connectivity index (χ3v) is 5.07. The fourth-order valence-corrected chi connectivity index (χ4v) is 3.40. The zero-order valence-electron chi connectivity index (χ0n) is 12.7. The minimum atomic E-state index is -0.253. The highest BCUT2D eigenvalue weighted by Crippen LogP contribution is 2.30. The van der Waals surface area contributed by atoms with Crippen molar-refractivity contribution < 1.29 is 9.53 Å². The zero-order chi connectivity index (χ0) is 17.1. The lowest BCUT2D eigenvalue weighted by atomic mass is 10.2. The fraction of sp³-hybridized carbons (Fsp3) is 0.188. The van der Waals surface area contributed by atoms with Crippen molar-refractivity contribution in [1.29, 1.82) is 0 Å². The summed E-state index contributed by atoms with van der Waals surface area (Å²) < 4.78 is 6.13. The van der Waals surface area contributed by atoms with Gasteiger partial charge in [0.2, 0.25) is 0 Å². The van der Waals surface area contributed by atoms with Gasteiger partial charge in [0.05, 0.1) is 34.0 Å². The van der Waals surface area contributed by atoms with E-state index in [9.17, 15) is 4.79 Å². The summed E-state index contributed by atoms with van der Waals surface area (Å²) in [5.41, 5.74) is 1.19. The molecule has 24 heavy (non-hydrogen) atoms. The summed E-state index contributed by atoms with van der Waals surface area (Å²) in [6.45, 7) is 0.756. The second kappa shape index (κ2) is 7.44. The third-order valence-electron chi connectivity index (χ3n) is 3.32. The van der Waals surface area contributed by atoms with Crippen molar-refractivity contribution in [3.05, 3.63) is 52.3 Å². The minimum absolute atomic E-state index is 0.164. The molecule has 1 aromatic carbocycles. The Hall–Kier alpha value is -1.73. The number of methoxy groups -OCH3 is 1. The van der Waals surface area contributed by atoms with Gasteiger partial charge in [-0.3, -0.25) is 9.69 Å². The van der Waals surface area contributed by atoms with Crippen LogP contribution in [0.15, 0.2) is 36.5 Å². The number of anilines is 1. The molecule has 1 amide bonds. The van der Waals surface area contributed by atoms with E-state index in [2.05, 4.69) is 9.97 Å². The number of hydrogen-bond donors (Lipinski definition) is 0. The maximum absolute atomic E-state index is 12.9. The van der Waals surface area contributed by atoms with Crippen LogP contribution in [-0.4, -0.2) is 36.1 Å². The van der Waals surface area contributed by atoms with Crippen molar-refractivity contribution in [3.63, 3.8) is 0 Å². The average molecular weight is 382 g/mol. The van der Waals surface area contributed by atoms with Crippen molar-refractivity contribution in [2.24, 2.45) is 0 Å². The number of aromatic nitrogens is 2. The van der Waals surface area contributed by atoms with Crippen molar-refractivity contribution in [2.75, 3.05) is 25.2 Å². The standard InChI is InChI=1S/C16H13Cl2N3O2S/c1-23-7-6-21(15(22)10-8-11(17)14(18)19-9-10)16-20-12-4-2-3-5-13(12)24-16/h2-5,8-9H,6-7H2,1H3. The smallest absolute Gasteiger partial charge is 0.261 e. The Morgan fingerprint density at radius 3 is 2.83 bits per heavy atom. The number of carbonyl (C=O) groups excluding carboxylic acids is 1. The number of amides is 1. The van der Waals surface area contributed by atoms with Gasteiger partial charge in [-0.25, -0.2) is 9.97 Å². The van der Waals surface area contributed by atoms with E-state index in [-0.39, 0.29) is 16.1 Å². The molecule has 0 radical (unpaired) electrons. The molecule has 0 N–H and O–H groups in total. The Kier molecular flexibility index (Phi) is 5.30. The molecule has 0 aliphatic carbocycles. The van der Waals surface area contributed by atoms with E-state index in [1.807, 2.05) is 24.3 Å². The maximum Gasteiger partial charge on any atom is 0.261 e. The van der Waals surface area contributed by atoms with Crippen LogP contribution in [0.1, 0.15) is 10.4 Å². The first-order valence-electron chi connectivity index (χ1n) is 7.07. The highest BCUT2D eigenvalue weighted by molar-refractivity contribution is 7.22. The number of carbonyl (C=O) groups is 1. The molecule has 3 aromatic rings. The molecule has 0 bridgehead atoms. The summed E-state index contributed by atoms with van der Waals surface area (Å²) in [5.74, 6) is -0.253. The van der Waals surface area contributed by atoms with Crippen molar-refractivity contribution >= 4 is 55.8 Å². The number of benzene rings is 1. The van der Waals surface area contributed by atoms with E-state index >= 15 is 0 Å². The van der Waals surface area contributed by atoms with Gasteiger partial charge >= 0.3 is 0 Å². The molecule has 2 heterocycles. The summed E-state index contributed by atoms with van der Waals surface area (Å²) in [4.78, 5) is 22.9. The van der Waals surface area contributed by atoms with Gasteiger partial charge in [-0.1, -0.05) is 46.7 Å². The van der Waals surface area contributed by atoms with Gasteiger partial charge in [0.25, 0.3) is 5.91 Å². The quantitative estimate of drug-likeness (QED) is 0.618. The van der Waals surface area contributed by atoms with Crippen LogP contribution in [0, 0.1) is 0 Å². The van der Waals surface area contributed by atoms with Crippen molar-refractivity contribution in [3.8, 4) is 0 Å². The van der Waals surface area contributed by atoms with Crippen LogP contribution in [-0.2, 0) is 4.74 Å². The molecule has 0 saturated heterocycles. The normalized spacial score (nSPS) is 11.0. The molecule has 0 saturated carbocycles. The van der Waals surface area contributed by atoms with E-state index in [4.69, 9.17) is 27.9 Å². The average Bonchev–Trinajstić information content (AvgIpc) is 3.01. The van der Waals surface area contributed by atoms with Gasteiger partial charge in [0, 0.05) is 13.3 Å². The Morgan fingerprint density at radius 1 is 1.33 bits per heavy atom. The highest BCUT2D eigenvalue weighted by atomic mass is 35.5. The summed E-state index contributed by atoms with van der Waals surface area (Å²) >= 11 is 13.2. The van der Waals surface area contributed by atoms with Gasteiger partial charge in [-0.2, -0.15) is 0 Å². The van der Waals surface area contributed by atoms with Gasteiger partial charge in [-0.05, 0) is 18.2 Å². The van der Waals surface area contributed by atoms with E-state index < -0.39 is 0 Å². The number of nitrogens with zero attached hydrogens (tertiary/aromatic N) is 3. The van der Waals surface area contributed by atoms with Gasteiger partial charge in [0.1, 0.15) is 5.15 Å². The first kappa shape index (κ1) is 17.1. The second-order valence-corrected chi connectivity index (χ2v) is 6.68. The van der Waals surface area contributed by atoms with Gasteiger partial charge in [-0.15, -0.1) is 0 Å². The van der Waals surface area contributed by atoms with Crippen molar-refractivity contribution in [2.45, 2.75) is 0 Å². The lowest BCUT2D eigenvalue weighted by Crippen LogP contribution is -2.34. The van der Waals surface area contributed by atoms with E-state index in [0.29, 0.717) is 23.8 Å². The molecule has 5 nitrogen and oxygen atoms in total. The molecule has 0 aliphatic heterocycles. The molecular formula is C16H13Cl2N3O2S. The lowest BCUT2D eigenvalue weighted by Gasteiger charge is -2.19. The van der Waals surface area contributed by atoms with Crippen molar-refractivity contribution in [1.82, 2.24) is 9.97 Å². The number of thiazole rings is 1. The monoisotopic (exact) mass is 381 g/mol. The second-order valence-electron chi connectivity index (χ2n) is 4.91. The van der Waals surface area contributed by atoms with E-state index in [0.717, 1.165) is 10.2 Å². The van der Waals surface area contributed by atoms with Gasteiger partial charge in [0.15, 0.2) is 5.13 Å². The molecule has 0 fully saturated rings. The summed E-state index contributed by atoms with van der Waals surface area (Å²) in [7, 11) is 1.59. The summed E-state index contributed by atoms with van der Waals surface area (Å²) in [6.07, 6.45) is 1.41. The van der Waals surface area contributed by atoms with Gasteiger partial charge < -0.3 is 4.74 Å². The molecule has 8 heteroatoms. The molecule has 2 aromatic heterocycles. The number of rotatable bonds is 5. The third kappa shape index (κ3) is 3.52. The molecular weight excluding hydrogens is 369 g/mol. The first-order chi connectivity index (χ1) is 11.6. The van der Waals surface area contributed by atoms with Crippen LogP contribution >= 0.6 is 34.5 Å². The van der Waals surface area contributed by atoms with Crippen LogP contribution in [0.3, 0.4) is 0 Å². The lowest BCUT2D eigenvalue weighted by molar-refractivity contribution is 0.0975. The van der Waals surface area contributed by atoms with Crippen LogP contribution in [0.4, 0.5) is 5.13 Å². The molecule has 3 rings (SSSR count). The highest BCUT2D eigenvalue weighted by Gasteiger charge is 2.22. The SMILES string of the molecule is COCCN(C(=O)c1cnc(Cl)c(Cl)c1)c1nc2ccccc2s1. The molecule has 0 aliphatic rings. The largest absolute Gasteiger partial charge is 0.383 e. The number of halogens is 2. The topological polar surface area (TPSA) is 55.3 Å². The molecule has 0 unspecified atom stereocenters. The predicted octanol–water partition coefficient (Wildman–Crippen LogP) is 4.29.